The van der Waals surface area contributed by atoms with E-state index in [9.17, 15) is 4.79 Å². The number of hydrogen-bond donors (Lipinski definition) is 0. The second-order valence-electron chi connectivity index (χ2n) is 7.67. The maximum atomic E-state index is 13.1. The van der Waals surface area contributed by atoms with Crippen LogP contribution in [0.15, 0.2) is 55.1 Å². The van der Waals surface area contributed by atoms with Crippen LogP contribution in [0.4, 0.5) is 5.69 Å². The summed E-state index contributed by atoms with van der Waals surface area (Å²) in [5.74, 6) is 0.642. The van der Waals surface area contributed by atoms with Crippen molar-refractivity contribution in [3.8, 4) is 17.1 Å². The molecule has 9 nitrogen and oxygen atoms in total. The Hall–Kier alpha value is -3.72. The number of fused-ring (bicyclic) bond motifs is 1. The molecular formula is C23H22ClN7O2. The van der Waals surface area contributed by atoms with Gasteiger partial charge in [-0.25, -0.2) is 14.6 Å². The van der Waals surface area contributed by atoms with Gasteiger partial charge in [-0.15, -0.1) is 0 Å². The van der Waals surface area contributed by atoms with E-state index < -0.39 is 0 Å². The predicted octanol–water partition coefficient (Wildman–Crippen LogP) is 2.90. The molecule has 0 unspecified atom stereocenters. The molecular weight excluding hydrogens is 442 g/mol. The van der Waals surface area contributed by atoms with Crippen LogP contribution in [0.2, 0.25) is 5.02 Å². The van der Waals surface area contributed by atoms with Crippen LogP contribution in [0.25, 0.3) is 22.4 Å². The number of methoxy groups -OCH3 is 1. The number of rotatable bonds is 5. The third-order valence-corrected chi connectivity index (χ3v) is 6.05. The summed E-state index contributed by atoms with van der Waals surface area (Å²) in [6.07, 6.45) is 4.89. The van der Waals surface area contributed by atoms with E-state index >= 15 is 0 Å². The van der Waals surface area contributed by atoms with Gasteiger partial charge in [-0.2, -0.15) is 5.10 Å². The second kappa shape index (κ2) is 9.03. The van der Waals surface area contributed by atoms with Crippen molar-refractivity contribution in [1.29, 1.82) is 0 Å². The minimum atomic E-state index is -0.00100. The number of benzene rings is 1. The number of hydrogen-bond acceptors (Lipinski definition) is 7. The second-order valence-corrected chi connectivity index (χ2v) is 8.08. The van der Waals surface area contributed by atoms with Crippen LogP contribution in [0.5, 0.6) is 5.75 Å². The number of piperazine rings is 1. The Labute approximate surface area is 195 Å². The zero-order valence-corrected chi connectivity index (χ0v) is 18.8. The van der Waals surface area contributed by atoms with Crippen molar-refractivity contribution in [1.82, 2.24) is 29.6 Å². The highest BCUT2D eigenvalue weighted by molar-refractivity contribution is 6.32. The fraction of sp³-hybridized carbons (Fsp3) is 0.261. The number of anilines is 1. The topological polar surface area (TPSA) is 89.3 Å². The normalized spacial score (nSPS) is 14.0. The van der Waals surface area contributed by atoms with E-state index in [0.29, 0.717) is 35.2 Å². The van der Waals surface area contributed by atoms with E-state index in [4.69, 9.17) is 16.3 Å². The average Bonchev–Trinajstić information content (AvgIpc) is 3.23. The number of carbonyl (C=O) groups is 1. The summed E-state index contributed by atoms with van der Waals surface area (Å²) in [4.78, 5) is 30.0. The fourth-order valence-corrected chi connectivity index (χ4v) is 4.20. The monoisotopic (exact) mass is 463 g/mol. The molecule has 1 amide bonds. The molecule has 4 aromatic rings. The third-order valence-electron chi connectivity index (χ3n) is 5.74. The predicted molar refractivity (Wildman–Crippen MR) is 125 cm³/mol. The van der Waals surface area contributed by atoms with Crippen LogP contribution < -0.4 is 9.64 Å². The van der Waals surface area contributed by atoms with Crippen molar-refractivity contribution in [2.45, 2.75) is 6.54 Å². The Kier molecular flexibility index (Phi) is 5.78. The number of ether oxygens (including phenoxy) is 1. The number of aromatic nitrogens is 5. The standard InChI is InChI=1S/C23H22ClN7O2/c1-33-20-12-16(5-6-18(20)24)29-8-10-30(11-9-29)21(32)14-31-23-17(13-25-15-27-23)22(28-31)19-4-2-3-7-26-19/h2-7,12-13,15H,8-11,14H2,1H3. The Morgan fingerprint density at radius 2 is 1.97 bits per heavy atom. The van der Waals surface area contributed by atoms with E-state index in [1.165, 1.54) is 6.33 Å². The molecule has 0 N–H and O–H groups in total. The quantitative estimate of drug-likeness (QED) is 0.449. The van der Waals surface area contributed by atoms with Gasteiger partial charge < -0.3 is 14.5 Å². The lowest BCUT2D eigenvalue weighted by molar-refractivity contribution is -0.132. The first kappa shape index (κ1) is 21.1. The lowest BCUT2D eigenvalue weighted by Gasteiger charge is -2.36. The molecule has 10 heteroatoms. The van der Waals surface area contributed by atoms with Crippen LogP contribution in [0.1, 0.15) is 0 Å². The summed E-state index contributed by atoms with van der Waals surface area (Å²) >= 11 is 6.14. The molecule has 5 rings (SSSR count). The number of halogens is 1. The lowest BCUT2D eigenvalue weighted by Crippen LogP contribution is -2.49. The van der Waals surface area contributed by atoms with Crippen molar-refractivity contribution in [3.05, 3.63) is 60.1 Å². The highest BCUT2D eigenvalue weighted by Crippen LogP contribution is 2.30. The number of nitrogens with zero attached hydrogens (tertiary/aromatic N) is 7. The summed E-state index contributed by atoms with van der Waals surface area (Å²) < 4.78 is 6.96. The molecule has 1 aliphatic rings. The molecule has 1 aliphatic heterocycles. The van der Waals surface area contributed by atoms with E-state index in [2.05, 4.69) is 25.0 Å². The van der Waals surface area contributed by atoms with Gasteiger partial charge in [0, 0.05) is 50.3 Å². The first-order valence-corrected chi connectivity index (χ1v) is 11.0. The zero-order chi connectivity index (χ0) is 22.8. The Morgan fingerprint density at radius 1 is 1.12 bits per heavy atom. The van der Waals surface area contributed by atoms with Crippen molar-refractivity contribution in [2.75, 3.05) is 38.2 Å². The molecule has 168 valence electrons. The van der Waals surface area contributed by atoms with Crippen LogP contribution in [-0.2, 0) is 11.3 Å². The molecule has 0 bridgehead atoms. The van der Waals surface area contributed by atoms with Gasteiger partial charge in [-0.05, 0) is 24.3 Å². The molecule has 0 saturated carbocycles. The van der Waals surface area contributed by atoms with Crippen molar-refractivity contribution < 1.29 is 9.53 Å². The van der Waals surface area contributed by atoms with E-state index in [1.54, 1.807) is 24.2 Å². The van der Waals surface area contributed by atoms with Gasteiger partial charge in [0.05, 0.1) is 23.2 Å². The van der Waals surface area contributed by atoms with E-state index in [1.807, 2.05) is 41.3 Å². The first-order chi connectivity index (χ1) is 16.1. The molecule has 3 aromatic heterocycles. The summed E-state index contributed by atoms with van der Waals surface area (Å²) in [6.45, 7) is 2.78. The molecule has 0 radical (unpaired) electrons. The smallest absolute Gasteiger partial charge is 0.244 e. The van der Waals surface area contributed by atoms with Crippen molar-refractivity contribution in [3.63, 3.8) is 0 Å². The van der Waals surface area contributed by atoms with Gasteiger partial charge in [0.25, 0.3) is 0 Å². The average molecular weight is 464 g/mol. The highest BCUT2D eigenvalue weighted by atomic mass is 35.5. The highest BCUT2D eigenvalue weighted by Gasteiger charge is 2.24. The van der Waals surface area contributed by atoms with Gasteiger partial charge >= 0.3 is 0 Å². The van der Waals surface area contributed by atoms with Crippen LogP contribution >= 0.6 is 11.6 Å². The Balaban J connectivity index is 1.30. The molecule has 0 spiro atoms. The number of amides is 1. The maximum absolute atomic E-state index is 13.1. The van der Waals surface area contributed by atoms with E-state index in [-0.39, 0.29) is 12.5 Å². The molecule has 0 atom stereocenters. The van der Waals surface area contributed by atoms with E-state index in [0.717, 1.165) is 29.9 Å². The molecule has 0 aliphatic carbocycles. The summed E-state index contributed by atoms with van der Waals surface area (Å²) in [5, 5.41) is 6.00. The molecule has 1 aromatic carbocycles. The molecule has 4 heterocycles. The van der Waals surface area contributed by atoms with Crippen LogP contribution in [-0.4, -0.2) is 68.8 Å². The van der Waals surface area contributed by atoms with Gasteiger partial charge in [0.2, 0.25) is 5.91 Å². The van der Waals surface area contributed by atoms with Crippen molar-refractivity contribution in [2.24, 2.45) is 0 Å². The summed E-state index contributed by atoms with van der Waals surface area (Å²) in [6, 6.07) is 11.4. The zero-order valence-electron chi connectivity index (χ0n) is 18.1. The molecule has 33 heavy (non-hydrogen) atoms. The minimum absolute atomic E-state index is 0.00100. The Morgan fingerprint density at radius 3 is 2.73 bits per heavy atom. The first-order valence-electron chi connectivity index (χ1n) is 10.6. The SMILES string of the molecule is COc1cc(N2CCN(C(=O)Cn3nc(-c4ccccn4)c4cncnc43)CC2)ccc1Cl. The third kappa shape index (κ3) is 4.19. The largest absolute Gasteiger partial charge is 0.495 e. The maximum Gasteiger partial charge on any atom is 0.244 e. The van der Waals surface area contributed by atoms with Gasteiger partial charge in [0.15, 0.2) is 5.65 Å². The van der Waals surface area contributed by atoms with Crippen LogP contribution in [0, 0.1) is 0 Å². The lowest BCUT2D eigenvalue weighted by atomic mass is 10.2. The fourth-order valence-electron chi connectivity index (χ4n) is 4.01. The minimum Gasteiger partial charge on any atom is -0.495 e. The molecule has 1 saturated heterocycles. The molecule has 1 fully saturated rings. The summed E-state index contributed by atoms with van der Waals surface area (Å²) in [7, 11) is 1.60. The number of carbonyl (C=O) groups excluding carboxylic acids is 1. The number of pyridine rings is 1. The van der Waals surface area contributed by atoms with Crippen LogP contribution in [0.3, 0.4) is 0 Å². The van der Waals surface area contributed by atoms with Gasteiger partial charge in [-0.1, -0.05) is 17.7 Å². The Bertz CT molecular complexity index is 1290. The van der Waals surface area contributed by atoms with Crippen molar-refractivity contribution >= 4 is 34.2 Å². The van der Waals surface area contributed by atoms with Gasteiger partial charge in [0.1, 0.15) is 24.3 Å². The van der Waals surface area contributed by atoms with Gasteiger partial charge in [-0.3, -0.25) is 9.78 Å². The summed E-state index contributed by atoms with van der Waals surface area (Å²) in [5.41, 5.74) is 3.03.